The molecule has 0 aliphatic rings. The third-order valence-corrected chi connectivity index (χ3v) is 4.66. The standard InChI is InChI=1S/C23H23N5O3/c1-23(2,3)18-13-19(28-31-18)26-21(29)17-7-5-6-14-12-15(8-9-16(14)17)30-20-10-11-25-22(24-4)27-20/h5-13H,1-4H3,(H,24,25,27)(H,26,28,29). The Morgan fingerprint density at radius 1 is 1.10 bits per heavy atom. The van der Waals surface area contributed by atoms with E-state index in [1.165, 1.54) is 0 Å². The molecule has 0 saturated heterocycles. The number of anilines is 2. The molecule has 158 valence electrons. The van der Waals surface area contributed by atoms with Crippen LogP contribution in [0.5, 0.6) is 11.6 Å². The minimum atomic E-state index is -0.262. The molecule has 4 rings (SSSR count). The quantitative estimate of drug-likeness (QED) is 0.471. The summed E-state index contributed by atoms with van der Waals surface area (Å²) in [5, 5.41) is 11.3. The van der Waals surface area contributed by atoms with Crippen LogP contribution in [-0.2, 0) is 5.41 Å². The Labute approximate surface area is 179 Å². The van der Waals surface area contributed by atoms with Gasteiger partial charge in [0, 0.05) is 36.4 Å². The fraction of sp³-hybridized carbons (Fsp3) is 0.217. The summed E-state index contributed by atoms with van der Waals surface area (Å²) in [4.78, 5) is 21.2. The van der Waals surface area contributed by atoms with Crippen LogP contribution in [0.3, 0.4) is 0 Å². The van der Waals surface area contributed by atoms with Gasteiger partial charge in [-0.25, -0.2) is 4.98 Å². The first kappa shape index (κ1) is 20.3. The number of aromatic nitrogens is 3. The van der Waals surface area contributed by atoms with Crippen molar-refractivity contribution in [1.82, 2.24) is 15.1 Å². The summed E-state index contributed by atoms with van der Waals surface area (Å²) < 4.78 is 11.2. The zero-order chi connectivity index (χ0) is 22.0. The van der Waals surface area contributed by atoms with Crippen molar-refractivity contribution in [2.75, 3.05) is 17.7 Å². The summed E-state index contributed by atoms with van der Waals surface area (Å²) in [6.45, 7) is 6.06. The predicted molar refractivity (Wildman–Crippen MR) is 119 cm³/mol. The number of nitrogens with one attached hydrogen (secondary N) is 2. The van der Waals surface area contributed by atoms with Crippen LogP contribution in [0.4, 0.5) is 11.8 Å². The second kappa shape index (κ2) is 8.06. The highest BCUT2D eigenvalue weighted by molar-refractivity contribution is 6.12. The van der Waals surface area contributed by atoms with Gasteiger partial charge in [0.25, 0.3) is 5.91 Å². The summed E-state index contributed by atoms with van der Waals surface area (Å²) >= 11 is 0. The van der Waals surface area contributed by atoms with Gasteiger partial charge >= 0.3 is 0 Å². The van der Waals surface area contributed by atoms with Gasteiger partial charge in [-0.3, -0.25) is 4.79 Å². The van der Waals surface area contributed by atoms with Crippen LogP contribution < -0.4 is 15.4 Å². The third-order valence-electron chi connectivity index (χ3n) is 4.66. The lowest BCUT2D eigenvalue weighted by atomic mass is 9.93. The number of hydrogen-bond donors (Lipinski definition) is 2. The molecule has 0 fully saturated rings. The smallest absolute Gasteiger partial charge is 0.257 e. The number of rotatable bonds is 5. The highest BCUT2D eigenvalue weighted by Crippen LogP contribution is 2.28. The molecule has 2 aromatic carbocycles. The van der Waals surface area contributed by atoms with Gasteiger partial charge in [-0.15, -0.1) is 0 Å². The summed E-state index contributed by atoms with van der Waals surface area (Å²) in [6, 6.07) is 14.5. The van der Waals surface area contributed by atoms with Crippen molar-refractivity contribution in [1.29, 1.82) is 0 Å². The first-order valence-electron chi connectivity index (χ1n) is 9.83. The van der Waals surface area contributed by atoms with Crippen LogP contribution in [0.2, 0.25) is 0 Å². The number of ether oxygens (including phenoxy) is 1. The number of nitrogens with zero attached hydrogens (tertiary/aromatic N) is 3. The van der Waals surface area contributed by atoms with E-state index in [0.29, 0.717) is 34.7 Å². The summed E-state index contributed by atoms with van der Waals surface area (Å²) in [5.41, 5.74) is 0.340. The Morgan fingerprint density at radius 3 is 2.68 bits per heavy atom. The maximum absolute atomic E-state index is 12.9. The van der Waals surface area contributed by atoms with Gasteiger partial charge < -0.3 is 19.9 Å². The Balaban J connectivity index is 1.57. The van der Waals surface area contributed by atoms with Crippen LogP contribution in [0, 0.1) is 0 Å². The van der Waals surface area contributed by atoms with E-state index in [-0.39, 0.29) is 11.3 Å². The third kappa shape index (κ3) is 4.48. The molecule has 0 radical (unpaired) electrons. The van der Waals surface area contributed by atoms with Crippen molar-refractivity contribution in [3.63, 3.8) is 0 Å². The Bertz CT molecular complexity index is 1240. The van der Waals surface area contributed by atoms with Gasteiger partial charge in [-0.1, -0.05) is 38.1 Å². The Morgan fingerprint density at radius 2 is 1.94 bits per heavy atom. The zero-order valence-electron chi connectivity index (χ0n) is 17.8. The number of hydrogen-bond acceptors (Lipinski definition) is 7. The topological polar surface area (TPSA) is 102 Å². The van der Waals surface area contributed by atoms with E-state index in [1.54, 1.807) is 37.5 Å². The van der Waals surface area contributed by atoms with Crippen molar-refractivity contribution in [2.24, 2.45) is 0 Å². The first-order valence-corrected chi connectivity index (χ1v) is 9.83. The van der Waals surface area contributed by atoms with Crippen LogP contribution in [0.1, 0.15) is 36.9 Å². The molecular weight excluding hydrogens is 394 g/mol. The second-order valence-corrected chi connectivity index (χ2v) is 8.04. The van der Waals surface area contributed by atoms with Gasteiger partial charge in [0.15, 0.2) is 5.82 Å². The van der Waals surface area contributed by atoms with Crippen molar-refractivity contribution in [3.05, 3.63) is 66.1 Å². The Kier molecular flexibility index (Phi) is 5.29. The lowest BCUT2D eigenvalue weighted by Crippen LogP contribution is -2.13. The van der Waals surface area contributed by atoms with Gasteiger partial charge in [-0.2, -0.15) is 4.98 Å². The summed E-state index contributed by atoms with van der Waals surface area (Å²) in [5.74, 6) is 2.33. The minimum Gasteiger partial charge on any atom is -0.439 e. The maximum Gasteiger partial charge on any atom is 0.257 e. The van der Waals surface area contributed by atoms with Crippen LogP contribution in [0.25, 0.3) is 10.8 Å². The predicted octanol–water partition coefficient (Wildman–Crippen LogP) is 5.00. The molecule has 31 heavy (non-hydrogen) atoms. The Hall–Kier alpha value is -3.94. The molecule has 0 spiro atoms. The summed E-state index contributed by atoms with van der Waals surface area (Å²) in [6.07, 6.45) is 1.62. The monoisotopic (exact) mass is 417 g/mol. The summed E-state index contributed by atoms with van der Waals surface area (Å²) in [7, 11) is 1.74. The number of fused-ring (bicyclic) bond motifs is 1. The fourth-order valence-corrected chi connectivity index (χ4v) is 3.03. The molecule has 2 aromatic heterocycles. The van der Waals surface area contributed by atoms with E-state index < -0.39 is 0 Å². The highest BCUT2D eigenvalue weighted by atomic mass is 16.5. The molecule has 0 aliphatic heterocycles. The van der Waals surface area contributed by atoms with E-state index in [2.05, 4.69) is 25.8 Å². The maximum atomic E-state index is 12.9. The van der Waals surface area contributed by atoms with Crippen molar-refractivity contribution in [3.8, 4) is 11.6 Å². The molecule has 2 N–H and O–H groups in total. The SMILES string of the molecule is CNc1nccc(Oc2ccc3c(C(=O)Nc4cc(C(C)(C)C)on4)cccc3c2)n1. The van der Waals surface area contributed by atoms with E-state index in [0.717, 1.165) is 10.8 Å². The van der Waals surface area contributed by atoms with E-state index in [9.17, 15) is 4.79 Å². The molecule has 0 bridgehead atoms. The van der Waals surface area contributed by atoms with Crippen molar-refractivity contribution in [2.45, 2.75) is 26.2 Å². The minimum absolute atomic E-state index is 0.191. The van der Waals surface area contributed by atoms with Gasteiger partial charge in [0.2, 0.25) is 11.8 Å². The van der Waals surface area contributed by atoms with Crippen molar-refractivity contribution >= 4 is 28.4 Å². The molecule has 1 amide bonds. The van der Waals surface area contributed by atoms with Crippen LogP contribution >= 0.6 is 0 Å². The largest absolute Gasteiger partial charge is 0.439 e. The fourth-order valence-electron chi connectivity index (χ4n) is 3.03. The van der Waals surface area contributed by atoms with E-state index in [1.807, 2.05) is 45.0 Å². The zero-order valence-corrected chi connectivity index (χ0v) is 17.8. The lowest BCUT2D eigenvalue weighted by molar-refractivity contribution is 0.102. The number of carbonyl (C=O) groups excluding carboxylic acids is 1. The van der Waals surface area contributed by atoms with Crippen LogP contribution in [-0.4, -0.2) is 28.1 Å². The van der Waals surface area contributed by atoms with E-state index in [4.69, 9.17) is 9.26 Å². The van der Waals surface area contributed by atoms with Gasteiger partial charge in [-0.05, 0) is 35.0 Å². The second-order valence-electron chi connectivity index (χ2n) is 8.04. The number of amides is 1. The average molecular weight is 417 g/mol. The molecule has 0 aliphatic carbocycles. The molecule has 8 nitrogen and oxygen atoms in total. The van der Waals surface area contributed by atoms with Gasteiger partial charge in [0.05, 0.1) is 0 Å². The van der Waals surface area contributed by atoms with Crippen molar-refractivity contribution < 1.29 is 14.1 Å². The van der Waals surface area contributed by atoms with Gasteiger partial charge in [0.1, 0.15) is 11.5 Å². The molecule has 2 heterocycles. The molecule has 0 saturated carbocycles. The highest BCUT2D eigenvalue weighted by Gasteiger charge is 2.21. The number of carbonyl (C=O) groups is 1. The molecule has 0 unspecified atom stereocenters. The number of benzene rings is 2. The van der Waals surface area contributed by atoms with Crippen LogP contribution in [0.15, 0.2) is 59.3 Å². The lowest BCUT2D eigenvalue weighted by Gasteiger charge is -2.12. The first-order chi connectivity index (χ1) is 14.8. The van der Waals surface area contributed by atoms with E-state index >= 15 is 0 Å². The molecule has 8 heteroatoms. The molecule has 0 atom stereocenters. The molecular formula is C23H23N5O3. The average Bonchev–Trinajstić information content (AvgIpc) is 3.22. The molecule has 4 aromatic rings. The normalized spacial score (nSPS) is 11.4.